The van der Waals surface area contributed by atoms with E-state index in [1.54, 1.807) is 6.07 Å². The molecule has 0 radical (unpaired) electrons. The average Bonchev–Trinajstić information content (AvgIpc) is 2.59. The SMILES string of the molecule is O=S(=O)(NCCCN1CCNCC1)c1ccc2c(c1)CCCC2. The van der Waals surface area contributed by atoms with E-state index in [9.17, 15) is 8.42 Å². The number of sulfonamides is 1. The van der Waals surface area contributed by atoms with Crippen LogP contribution in [-0.2, 0) is 22.9 Å². The fourth-order valence-corrected chi connectivity index (χ4v) is 4.53. The number of hydrogen-bond donors (Lipinski definition) is 2. The Hall–Kier alpha value is -0.950. The Labute approximate surface area is 139 Å². The van der Waals surface area contributed by atoms with Crippen LogP contribution in [0.4, 0.5) is 0 Å². The van der Waals surface area contributed by atoms with E-state index in [0.29, 0.717) is 11.4 Å². The standard InChI is InChI=1S/C17H27N3O2S/c21-23(22,19-8-3-11-20-12-9-18-10-13-20)17-7-6-15-4-1-2-5-16(15)14-17/h6-7,14,18-19H,1-5,8-13H2. The average molecular weight is 337 g/mol. The van der Waals surface area contributed by atoms with Gasteiger partial charge in [0.2, 0.25) is 10.0 Å². The molecule has 0 bridgehead atoms. The fraction of sp³-hybridized carbons (Fsp3) is 0.647. The molecule has 5 nitrogen and oxygen atoms in total. The van der Waals surface area contributed by atoms with Crippen LogP contribution in [-0.4, -0.2) is 52.6 Å². The second kappa shape index (κ2) is 7.75. The van der Waals surface area contributed by atoms with Gasteiger partial charge in [0.15, 0.2) is 0 Å². The molecule has 1 heterocycles. The molecule has 2 aliphatic rings. The van der Waals surface area contributed by atoms with E-state index >= 15 is 0 Å². The number of benzene rings is 1. The first-order chi connectivity index (χ1) is 11.1. The minimum Gasteiger partial charge on any atom is -0.314 e. The van der Waals surface area contributed by atoms with E-state index in [1.165, 1.54) is 17.5 Å². The molecular weight excluding hydrogens is 310 g/mol. The van der Waals surface area contributed by atoms with Gasteiger partial charge in [-0.25, -0.2) is 13.1 Å². The van der Waals surface area contributed by atoms with Crippen molar-refractivity contribution in [3.8, 4) is 0 Å². The Kier molecular flexibility index (Phi) is 5.69. The molecule has 0 spiro atoms. The lowest BCUT2D eigenvalue weighted by atomic mass is 9.92. The molecule has 23 heavy (non-hydrogen) atoms. The molecule has 1 aliphatic carbocycles. The predicted octanol–water partition coefficient (Wildman–Crippen LogP) is 1.14. The zero-order valence-electron chi connectivity index (χ0n) is 13.7. The zero-order chi connectivity index (χ0) is 16.1. The monoisotopic (exact) mass is 337 g/mol. The van der Waals surface area contributed by atoms with E-state index in [0.717, 1.165) is 58.4 Å². The van der Waals surface area contributed by atoms with E-state index < -0.39 is 10.0 Å². The third-order valence-electron chi connectivity index (χ3n) is 4.78. The molecule has 3 rings (SSSR count). The van der Waals surface area contributed by atoms with Gasteiger partial charge in [-0.1, -0.05) is 6.07 Å². The highest BCUT2D eigenvalue weighted by molar-refractivity contribution is 7.89. The maximum atomic E-state index is 12.4. The van der Waals surface area contributed by atoms with Gasteiger partial charge in [0.25, 0.3) is 0 Å². The van der Waals surface area contributed by atoms with Gasteiger partial charge in [0.05, 0.1) is 4.90 Å². The van der Waals surface area contributed by atoms with Crippen LogP contribution in [0.25, 0.3) is 0 Å². The minimum absolute atomic E-state index is 0.417. The summed E-state index contributed by atoms with van der Waals surface area (Å²) >= 11 is 0. The maximum absolute atomic E-state index is 12.4. The van der Waals surface area contributed by atoms with Gasteiger partial charge >= 0.3 is 0 Å². The van der Waals surface area contributed by atoms with E-state index in [4.69, 9.17) is 0 Å². The molecule has 128 valence electrons. The lowest BCUT2D eigenvalue weighted by molar-refractivity contribution is 0.239. The van der Waals surface area contributed by atoms with Gasteiger partial charge < -0.3 is 10.2 Å². The van der Waals surface area contributed by atoms with Gasteiger partial charge in [-0.3, -0.25) is 0 Å². The summed E-state index contributed by atoms with van der Waals surface area (Å²) in [6.07, 6.45) is 5.30. The molecule has 1 aromatic carbocycles. The van der Waals surface area contributed by atoms with Crippen molar-refractivity contribution in [2.45, 2.75) is 37.0 Å². The Bertz CT molecular complexity index is 625. The molecule has 1 fully saturated rings. The first-order valence-electron chi connectivity index (χ1n) is 8.70. The van der Waals surface area contributed by atoms with Crippen LogP contribution in [0, 0.1) is 0 Å². The van der Waals surface area contributed by atoms with Crippen molar-refractivity contribution in [1.29, 1.82) is 0 Å². The van der Waals surface area contributed by atoms with Gasteiger partial charge in [-0.2, -0.15) is 0 Å². The summed E-state index contributed by atoms with van der Waals surface area (Å²) in [5.41, 5.74) is 2.52. The normalized spacial score (nSPS) is 19.5. The molecule has 2 N–H and O–H groups in total. The predicted molar refractivity (Wildman–Crippen MR) is 92.2 cm³/mol. The number of nitrogens with zero attached hydrogens (tertiary/aromatic N) is 1. The summed E-state index contributed by atoms with van der Waals surface area (Å²) in [6, 6.07) is 5.61. The summed E-state index contributed by atoms with van der Waals surface area (Å²) in [7, 11) is -3.38. The molecule has 0 aromatic heterocycles. The van der Waals surface area contributed by atoms with Crippen LogP contribution in [0.15, 0.2) is 23.1 Å². The van der Waals surface area contributed by atoms with Crippen LogP contribution in [0.2, 0.25) is 0 Å². The summed E-state index contributed by atoms with van der Waals surface area (Å²) in [5.74, 6) is 0. The Morgan fingerprint density at radius 2 is 1.83 bits per heavy atom. The maximum Gasteiger partial charge on any atom is 0.240 e. The van der Waals surface area contributed by atoms with Crippen LogP contribution in [0.3, 0.4) is 0 Å². The van der Waals surface area contributed by atoms with Crippen molar-refractivity contribution in [2.24, 2.45) is 0 Å². The Morgan fingerprint density at radius 3 is 2.61 bits per heavy atom. The first-order valence-corrected chi connectivity index (χ1v) is 10.2. The van der Waals surface area contributed by atoms with Crippen LogP contribution in [0.5, 0.6) is 0 Å². The van der Waals surface area contributed by atoms with E-state index in [2.05, 4.69) is 14.9 Å². The van der Waals surface area contributed by atoms with Crippen molar-refractivity contribution in [2.75, 3.05) is 39.3 Å². The number of fused-ring (bicyclic) bond motifs is 1. The topological polar surface area (TPSA) is 61.4 Å². The molecule has 0 saturated carbocycles. The summed E-state index contributed by atoms with van der Waals surface area (Å²) in [5, 5.41) is 3.32. The molecule has 0 atom stereocenters. The molecule has 1 saturated heterocycles. The molecule has 1 aromatic rings. The molecule has 6 heteroatoms. The molecule has 0 unspecified atom stereocenters. The largest absolute Gasteiger partial charge is 0.314 e. The van der Waals surface area contributed by atoms with Crippen molar-refractivity contribution in [1.82, 2.24) is 14.9 Å². The summed E-state index contributed by atoms with van der Waals surface area (Å²) < 4.78 is 27.6. The van der Waals surface area contributed by atoms with Crippen molar-refractivity contribution >= 4 is 10.0 Å². The highest BCUT2D eigenvalue weighted by Gasteiger charge is 2.17. The lowest BCUT2D eigenvalue weighted by Gasteiger charge is -2.27. The van der Waals surface area contributed by atoms with Crippen molar-refractivity contribution in [3.63, 3.8) is 0 Å². The van der Waals surface area contributed by atoms with E-state index in [-0.39, 0.29) is 0 Å². The van der Waals surface area contributed by atoms with Crippen molar-refractivity contribution in [3.05, 3.63) is 29.3 Å². The van der Waals surface area contributed by atoms with Crippen molar-refractivity contribution < 1.29 is 8.42 Å². The third-order valence-corrected chi connectivity index (χ3v) is 6.24. The fourth-order valence-electron chi connectivity index (χ4n) is 3.40. The number of aryl methyl sites for hydroxylation is 2. The van der Waals surface area contributed by atoms with Gasteiger partial charge in [-0.05, 0) is 61.9 Å². The van der Waals surface area contributed by atoms with Crippen LogP contribution in [0.1, 0.15) is 30.4 Å². The second-order valence-corrected chi connectivity index (χ2v) is 8.25. The van der Waals surface area contributed by atoms with E-state index in [1.807, 2.05) is 12.1 Å². The molecular formula is C17H27N3O2S. The quantitative estimate of drug-likeness (QED) is 0.764. The minimum atomic E-state index is -3.38. The zero-order valence-corrected chi connectivity index (χ0v) is 14.5. The number of nitrogens with one attached hydrogen (secondary N) is 2. The number of piperazine rings is 1. The highest BCUT2D eigenvalue weighted by atomic mass is 32.2. The molecule has 0 amide bonds. The summed E-state index contributed by atoms with van der Waals surface area (Å²) in [6.45, 7) is 5.62. The first kappa shape index (κ1) is 16.9. The van der Waals surface area contributed by atoms with Gasteiger partial charge in [0.1, 0.15) is 0 Å². The highest BCUT2D eigenvalue weighted by Crippen LogP contribution is 2.23. The van der Waals surface area contributed by atoms with Gasteiger partial charge in [0, 0.05) is 32.7 Å². The number of hydrogen-bond acceptors (Lipinski definition) is 4. The smallest absolute Gasteiger partial charge is 0.240 e. The summed E-state index contributed by atoms with van der Waals surface area (Å²) in [4.78, 5) is 2.80. The lowest BCUT2D eigenvalue weighted by Crippen LogP contribution is -2.44. The Balaban J connectivity index is 1.52. The number of rotatable bonds is 6. The Morgan fingerprint density at radius 1 is 1.09 bits per heavy atom. The molecule has 1 aliphatic heterocycles. The van der Waals surface area contributed by atoms with Crippen LogP contribution >= 0.6 is 0 Å². The second-order valence-electron chi connectivity index (χ2n) is 6.48. The van der Waals surface area contributed by atoms with Gasteiger partial charge in [-0.15, -0.1) is 0 Å². The third kappa shape index (κ3) is 4.53. The van der Waals surface area contributed by atoms with Crippen LogP contribution < -0.4 is 10.0 Å².